The molecule has 2 atom stereocenters. The van der Waals surface area contributed by atoms with Crippen molar-refractivity contribution in [2.75, 3.05) is 11.9 Å². The zero-order chi connectivity index (χ0) is 17.2. The van der Waals surface area contributed by atoms with Crippen molar-refractivity contribution in [3.05, 3.63) is 24.3 Å². The van der Waals surface area contributed by atoms with Crippen molar-refractivity contribution in [3.63, 3.8) is 0 Å². The lowest BCUT2D eigenvalue weighted by molar-refractivity contribution is -0.134. The maximum atomic E-state index is 13.0. The van der Waals surface area contributed by atoms with Crippen molar-refractivity contribution in [1.82, 2.24) is 4.90 Å². The highest BCUT2D eigenvalue weighted by Gasteiger charge is 2.37. The van der Waals surface area contributed by atoms with Crippen LogP contribution in [-0.4, -0.2) is 34.6 Å². The summed E-state index contributed by atoms with van der Waals surface area (Å²) in [5, 5.41) is 2.64. The van der Waals surface area contributed by atoms with Crippen molar-refractivity contribution < 1.29 is 9.59 Å². The number of amides is 2. The fourth-order valence-electron chi connectivity index (χ4n) is 4.61. The molecular formula is C20H26N2O2S. The Bertz CT molecular complexity index is 657. The number of anilines is 1. The Balaban J connectivity index is 1.42. The van der Waals surface area contributed by atoms with Crippen LogP contribution in [0.25, 0.3) is 0 Å². The van der Waals surface area contributed by atoms with E-state index in [-0.39, 0.29) is 17.1 Å². The fourth-order valence-corrected chi connectivity index (χ4v) is 5.72. The van der Waals surface area contributed by atoms with Gasteiger partial charge in [-0.1, -0.05) is 31.4 Å². The largest absolute Gasteiger partial charge is 0.339 e. The molecule has 2 fully saturated rings. The number of nitrogens with zero attached hydrogens (tertiary/aromatic N) is 1. The van der Waals surface area contributed by atoms with Crippen LogP contribution in [0.5, 0.6) is 0 Å². The van der Waals surface area contributed by atoms with Crippen molar-refractivity contribution in [2.45, 2.75) is 67.6 Å². The smallest absolute Gasteiger partial charge is 0.238 e. The molecule has 2 amide bonds. The van der Waals surface area contributed by atoms with Crippen LogP contribution in [-0.2, 0) is 9.59 Å². The number of benzene rings is 1. The molecule has 2 heterocycles. The Hall–Kier alpha value is -1.49. The van der Waals surface area contributed by atoms with E-state index in [2.05, 4.69) is 10.2 Å². The van der Waals surface area contributed by atoms with Gasteiger partial charge >= 0.3 is 0 Å². The van der Waals surface area contributed by atoms with E-state index in [9.17, 15) is 9.59 Å². The molecule has 3 aliphatic rings. The van der Waals surface area contributed by atoms with E-state index in [0.717, 1.165) is 30.0 Å². The minimum absolute atomic E-state index is 0.0366. The number of hydrogen-bond donors (Lipinski definition) is 1. The van der Waals surface area contributed by atoms with E-state index in [1.54, 1.807) is 0 Å². The molecule has 25 heavy (non-hydrogen) atoms. The first kappa shape index (κ1) is 17.0. The van der Waals surface area contributed by atoms with E-state index < -0.39 is 0 Å². The number of hydrogen-bond acceptors (Lipinski definition) is 3. The Kier molecular flexibility index (Phi) is 5.02. The summed E-state index contributed by atoms with van der Waals surface area (Å²) in [6.45, 7) is 0.871. The van der Waals surface area contributed by atoms with Gasteiger partial charge in [0.2, 0.25) is 11.8 Å². The summed E-state index contributed by atoms with van der Waals surface area (Å²) in [4.78, 5) is 28.5. The van der Waals surface area contributed by atoms with Gasteiger partial charge in [0.05, 0.1) is 10.9 Å². The van der Waals surface area contributed by atoms with Crippen LogP contribution in [0.2, 0.25) is 0 Å². The molecule has 1 N–H and O–H groups in total. The molecule has 1 aromatic carbocycles. The van der Waals surface area contributed by atoms with E-state index in [1.165, 1.54) is 43.9 Å². The normalized spacial score (nSPS) is 27.0. The van der Waals surface area contributed by atoms with Crippen LogP contribution in [0.1, 0.15) is 51.4 Å². The molecule has 0 bridgehead atoms. The van der Waals surface area contributed by atoms with Gasteiger partial charge in [0.15, 0.2) is 0 Å². The monoisotopic (exact) mass is 358 g/mol. The predicted octanol–water partition coefficient (Wildman–Crippen LogP) is 4.06. The Morgan fingerprint density at radius 3 is 2.76 bits per heavy atom. The number of likely N-dealkylation sites (tertiary alicyclic amines) is 1. The summed E-state index contributed by atoms with van der Waals surface area (Å²) < 4.78 is 0. The molecule has 5 heteroatoms. The molecular weight excluding hydrogens is 332 g/mol. The lowest BCUT2D eigenvalue weighted by Gasteiger charge is -2.35. The number of para-hydroxylation sites is 1. The summed E-state index contributed by atoms with van der Waals surface area (Å²) in [6.07, 6.45) is 9.05. The molecule has 0 spiro atoms. The van der Waals surface area contributed by atoms with Crippen molar-refractivity contribution >= 4 is 29.3 Å². The summed E-state index contributed by atoms with van der Waals surface area (Å²) in [7, 11) is 0. The van der Waals surface area contributed by atoms with Gasteiger partial charge in [-0.15, -0.1) is 11.8 Å². The summed E-state index contributed by atoms with van der Waals surface area (Å²) in [5.74, 6) is 0.805. The minimum atomic E-state index is -0.310. The van der Waals surface area contributed by atoms with Crippen LogP contribution in [0.4, 0.5) is 5.69 Å². The van der Waals surface area contributed by atoms with Gasteiger partial charge in [-0.25, -0.2) is 0 Å². The van der Waals surface area contributed by atoms with E-state index in [1.807, 2.05) is 24.3 Å². The van der Waals surface area contributed by atoms with Gasteiger partial charge in [-0.3, -0.25) is 9.59 Å². The quantitative estimate of drug-likeness (QED) is 0.886. The maximum Gasteiger partial charge on any atom is 0.238 e. The zero-order valence-corrected chi connectivity index (χ0v) is 15.4. The lowest BCUT2D eigenvalue weighted by Crippen LogP contribution is -2.43. The third-order valence-electron chi connectivity index (χ3n) is 5.88. The van der Waals surface area contributed by atoms with Crippen LogP contribution in [0.15, 0.2) is 29.2 Å². The molecule has 0 aromatic heterocycles. The highest BCUT2D eigenvalue weighted by atomic mass is 32.2. The Morgan fingerprint density at radius 2 is 1.92 bits per heavy atom. The minimum Gasteiger partial charge on any atom is -0.339 e. The van der Waals surface area contributed by atoms with Gasteiger partial charge in [0, 0.05) is 23.9 Å². The fraction of sp³-hybridized carbons (Fsp3) is 0.600. The number of rotatable bonds is 3. The second-order valence-corrected chi connectivity index (χ2v) is 8.74. The average molecular weight is 359 g/mol. The van der Waals surface area contributed by atoms with Gasteiger partial charge in [-0.05, 0) is 43.7 Å². The summed E-state index contributed by atoms with van der Waals surface area (Å²) in [6, 6.07) is 8.23. The molecule has 0 radical (unpaired) electrons. The van der Waals surface area contributed by atoms with Gasteiger partial charge in [0.25, 0.3) is 0 Å². The topological polar surface area (TPSA) is 49.4 Å². The Labute approximate surface area is 153 Å². The lowest BCUT2D eigenvalue weighted by atomic mass is 9.83. The third-order valence-corrected chi connectivity index (χ3v) is 7.16. The number of nitrogens with one attached hydrogen (secondary N) is 1. The molecule has 4 nitrogen and oxygen atoms in total. The first-order chi connectivity index (χ1) is 12.2. The van der Waals surface area contributed by atoms with Crippen molar-refractivity contribution in [1.29, 1.82) is 0 Å². The van der Waals surface area contributed by atoms with Crippen molar-refractivity contribution in [2.24, 2.45) is 5.92 Å². The second-order valence-electron chi connectivity index (χ2n) is 7.49. The average Bonchev–Trinajstić information content (AvgIpc) is 3.13. The molecule has 134 valence electrons. The summed E-state index contributed by atoms with van der Waals surface area (Å²) >= 11 is 1.53. The van der Waals surface area contributed by atoms with E-state index >= 15 is 0 Å². The van der Waals surface area contributed by atoms with Crippen LogP contribution in [0, 0.1) is 5.92 Å². The predicted molar refractivity (Wildman–Crippen MR) is 101 cm³/mol. The van der Waals surface area contributed by atoms with Crippen LogP contribution >= 0.6 is 11.8 Å². The van der Waals surface area contributed by atoms with Crippen LogP contribution in [0.3, 0.4) is 0 Å². The SMILES string of the molecule is O=C1Nc2ccccc2S[C@H]1CC(=O)N1CCC[C@@H]1C1CCCCC1. The molecule has 2 aliphatic heterocycles. The molecule has 0 unspecified atom stereocenters. The van der Waals surface area contributed by atoms with Crippen LogP contribution < -0.4 is 5.32 Å². The summed E-state index contributed by atoms with van der Waals surface area (Å²) in [5.41, 5.74) is 0.863. The zero-order valence-electron chi connectivity index (χ0n) is 14.6. The molecule has 1 aromatic rings. The first-order valence-corrected chi connectivity index (χ1v) is 10.5. The number of thioether (sulfide) groups is 1. The van der Waals surface area contributed by atoms with Crippen molar-refractivity contribution in [3.8, 4) is 0 Å². The van der Waals surface area contributed by atoms with Gasteiger partial charge in [-0.2, -0.15) is 0 Å². The number of carbonyl (C=O) groups excluding carboxylic acids is 2. The van der Waals surface area contributed by atoms with Gasteiger partial charge in [0.1, 0.15) is 0 Å². The number of fused-ring (bicyclic) bond motifs is 1. The Morgan fingerprint density at radius 1 is 1.12 bits per heavy atom. The van der Waals surface area contributed by atoms with E-state index in [0.29, 0.717) is 18.4 Å². The highest BCUT2D eigenvalue weighted by molar-refractivity contribution is 8.01. The molecule has 1 aliphatic carbocycles. The third kappa shape index (κ3) is 3.57. The number of carbonyl (C=O) groups is 2. The van der Waals surface area contributed by atoms with E-state index in [4.69, 9.17) is 0 Å². The maximum absolute atomic E-state index is 13.0. The standard InChI is InChI=1S/C20H26N2O2S/c23-19(22-12-6-10-16(22)14-7-2-1-3-8-14)13-18-20(24)21-15-9-4-5-11-17(15)25-18/h4-5,9,11,14,16,18H,1-3,6-8,10,12-13H2,(H,21,24)/t16-,18+/m1/s1. The first-order valence-electron chi connectivity index (χ1n) is 9.58. The second kappa shape index (κ2) is 7.40. The van der Waals surface area contributed by atoms with Gasteiger partial charge < -0.3 is 10.2 Å². The molecule has 1 saturated carbocycles. The molecule has 1 saturated heterocycles. The molecule has 4 rings (SSSR count). The highest BCUT2D eigenvalue weighted by Crippen LogP contribution is 2.38.